The van der Waals surface area contributed by atoms with Crippen LogP contribution in [-0.2, 0) is 13.1 Å². The predicted octanol–water partition coefficient (Wildman–Crippen LogP) is 3.23. The molecule has 4 aromatic rings. The molecule has 1 aromatic carbocycles. The normalized spacial score (nSPS) is 14.8. The molecule has 0 radical (unpaired) electrons. The highest BCUT2D eigenvalue weighted by molar-refractivity contribution is 5.55. The Hall–Kier alpha value is -3.81. The van der Waals surface area contributed by atoms with Gasteiger partial charge < -0.3 is 23.4 Å². The van der Waals surface area contributed by atoms with Crippen molar-refractivity contribution in [2.24, 2.45) is 0 Å². The van der Waals surface area contributed by atoms with Crippen LogP contribution in [0.2, 0.25) is 0 Å². The maximum atomic E-state index is 9.86. The van der Waals surface area contributed by atoms with Crippen molar-refractivity contribution in [1.82, 2.24) is 19.1 Å². The summed E-state index contributed by atoms with van der Waals surface area (Å²) in [6, 6.07) is 8.68. The van der Waals surface area contributed by atoms with Crippen molar-refractivity contribution in [1.29, 1.82) is 5.41 Å². The number of aryl methyl sites for hydroxylation is 2. The van der Waals surface area contributed by atoms with Crippen molar-refractivity contribution in [3.05, 3.63) is 84.0 Å². The van der Waals surface area contributed by atoms with E-state index in [-0.39, 0.29) is 11.7 Å². The Morgan fingerprint density at radius 3 is 2.90 bits per heavy atom. The van der Waals surface area contributed by atoms with E-state index in [0.717, 1.165) is 18.5 Å². The number of benzene rings is 1. The summed E-state index contributed by atoms with van der Waals surface area (Å²) in [5.41, 5.74) is 1.82. The van der Waals surface area contributed by atoms with Crippen molar-refractivity contribution >= 4 is 0 Å². The third-order valence-corrected chi connectivity index (χ3v) is 5.09. The van der Waals surface area contributed by atoms with Gasteiger partial charge in [-0.15, -0.1) is 0 Å². The fourth-order valence-corrected chi connectivity index (χ4v) is 3.72. The lowest BCUT2D eigenvalue weighted by molar-refractivity contribution is 0.399. The predicted molar refractivity (Wildman–Crippen MR) is 103 cm³/mol. The van der Waals surface area contributed by atoms with Gasteiger partial charge in [0.1, 0.15) is 29.1 Å². The Labute approximate surface area is 166 Å². The van der Waals surface area contributed by atoms with Crippen molar-refractivity contribution in [2.45, 2.75) is 25.4 Å². The van der Waals surface area contributed by atoms with Crippen LogP contribution in [0.25, 0.3) is 0 Å². The van der Waals surface area contributed by atoms with Crippen LogP contribution in [0.3, 0.4) is 0 Å². The summed E-state index contributed by atoms with van der Waals surface area (Å²) in [5, 5.41) is 18.7. The minimum atomic E-state index is -0.328. The minimum Gasteiger partial charge on any atom is -0.508 e. The first-order valence-corrected chi connectivity index (χ1v) is 9.34. The van der Waals surface area contributed by atoms with Gasteiger partial charge in [0.15, 0.2) is 0 Å². The molecule has 1 aliphatic rings. The van der Waals surface area contributed by atoms with Gasteiger partial charge in [0, 0.05) is 37.1 Å². The smallest absolute Gasteiger partial charge is 0.228 e. The van der Waals surface area contributed by atoms with Crippen LogP contribution >= 0.6 is 0 Å². The van der Waals surface area contributed by atoms with E-state index in [9.17, 15) is 5.11 Å². The molecule has 0 saturated heterocycles. The first-order valence-electron chi connectivity index (χ1n) is 9.34. The van der Waals surface area contributed by atoms with E-state index in [2.05, 4.69) is 9.97 Å². The number of aromatic nitrogens is 4. The Balaban J connectivity index is 1.54. The van der Waals surface area contributed by atoms with Crippen LogP contribution in [0.4, 0.5) is 0 Å². The number of hydrogen-bond donors (Lipinski definition) is 2. The Kier molecular flexibility index (Phi) is 4.16. The van der Waals surface area contributed by atoms with Gasteiger partial charge in [-0.2, -0.15) is 0 Å². The standard InChI is InChI=1S/C21H19N5O3/c22-20-19-18(16-3-1-10-28-16)15-5-4-14(27)11-17(15)29-21(19)24-13-26(20)8-2-7-25-9-6-23-12-25/h1,3-6,9-13,18,22,27H,2,7-8H2/t18-/m1/s1. The molecule has 2 N–H and O–H groups in total. The number of nitrogens with one attached hydrogen (secondary N) is 1. The van der Waals surface area contributed by atoms with E-state index >= 15 is 0 Å². The second-order valence-corrected chi connectivity index (χ2v) is 6.93. The lowest BCUT2D eigenvalue weighted by Crippen LogP contribution is -2.30. The average Bonchev–Trinajstić information content (AvgIpc) is 3.42. The molecular weight excluding hydrogens is 370 g/mol. The first kappa shape index (κ1) is 17.3. The van der Waals surface area contributed by atoms with Crippen molar-refractivity contribution < 1.29 is 14.3 Å². The molecule has 146 valence electrons. The van der Waals surface area contributed by atoms with E-state index in [1.807, 2.05) is 27.5 Å². The van der Waals surface area contributed by atoms with Crippen LogP contribution in [0.1, 0.15) is 29.2 Å². The van der Waals surface area contributed by atoms with Gasteiger partial charge in [-0.3, -0.25) is 5.41 Å². The SMILES string of the molecule is N=c1c2c(ncn1CCCn1ccnc1)Oc1cc(O)ccc1[C@@H]2c1ccco1. The highest BCUT2D eigenvalue weighted by Gasteiger charge is 2.33. The molecule has 4 heterocycles. The molecule has 29 heavy (non-hydrogen) atoms. The number of imidazole rings is 1. The monoisotopic (exact) mass is 389 g/mol. The summed E-state index contributed by atoms with van der Waals surface area (Å²) in [4.78, 5) is 8.51. The fourth-order valence-electron chi connectivity index (χ4n) is 3.72. The lowest BCUT2D eigenvalue weighted by Gasteiger charge is -2.27. The van der Waals surface area contributed by atoms with Crippen LogP contribution in [0.5, 0.6) is 17.4 Å². The van der Waals surface area contributed by atoms with E-state index in [1.54, 1.807) is 43.3 Å². The van der Waals surface area contributed by atoms with Gasteiger partial charge >= 0.3 is 0 Å². The average molecular weight is 389 g/mol. The van der Waals surface area contributed by atoms with Crippen molar-refractivity contribution in [3.63, 3.8) is 0 Å². The molecule has 0 amide bonds. The molecule has 0 unspecified atom stereocenters. The highest BCUT2D eigenvalue weighted by Crippen LogP contribution is 2.45. The number of rotatable bonds is 5. The van der Waals surface area contributed by atoms with Gasteiger partial charge in [0.2, 0.25) is 5.88 Å². The fraction of sp³-hybridized carbons (Fsp3) is 0.190. The number of aromatic hydroxyl groups is 1. The summed E-state index contributed by atoms with van der Waals surface area (Å²) in [7, 11) is 0. The third-order valence-electron chi connectivity index (χ3n) is 5.09. The van der Waals surface area contributed by atoms with Gasteiger partial charge in [0.25, 0.3) is 0 Å². The molecular formula is C21H19N5O3. The van der Waals surface area contributed by atoms with E-state index in [1.165, 1.54) is 0 Å². The summed E-state index contributed by atoms with van der Waals surface area (Å²) in [5.74, 6) is 1.37. The summed E-state index contributed by atoms with van der Waals surface area (Å²) in [6.07, 6.45) is 9.54. The van der Waals surface area contributed by atoms with Gasteiger partial charge in [-0.1, -0.05) is 6.07 Å². The summed E-state index contributed by atoms with van der Waals surface area (Å²) < 4.78 is 15.4. The number of fused-ring (bicyclic) bond motifs is 2. The van der Waals surface area contributed by atoms with Crippen LogP contribution in [-0.4, -0.2) is 24.2 Å². The number of phenolic OH excluding ortho intramolecular Hbond substituents is 1. The Morgan fingerprint density at radius 1 is 1.17 bits per heavy atom. The maximum absolute atomic E-state index is 9.86. The zero-order chi connectivity index (χ0) is 19.8. The molecule has 5 rings (SSSR count). The molecule has 0 bridgehead atoms. The first-order chi connectivity index (χ1) is 14.2. The second-order valence-electron chi connectivity index (χ2n) is 6.93. The number of furan rings is 1. The van der Waals surface area contributed by atoms with Crippen molar-refractivity contribution in [3.8, 4) is 17.4 Å². The quantitative estimate of drug-likeness (QED) is 0.480. The van der Waals surface area contributed by atoms with E-state index < -0.39 is 0 Å². The van der Waals surface area contributed by atoms with Gasteiger partial charge in [0.05, 0.1) is 24.1 Å². The zero-order valence-electron chi connectivity index (χ0n) is 15.5. The maximum Gasteiger partial charge on any atom is 0.228 e. The molecule has 3 aromatic heterocycles. The van der Waals surface area contributed by atoms with Gasteiger partial charge in [-0.25, -0.2) is 9.97 Å². The lowest BCUT2D eigenvalue weighted by atomic mass is 9.87. The largest absolute Gasteiger partial charge is 0.508 e. The molecule has 0 spiro atoms. The third kappa shape index (κ3) is 3.08. The Bertz CT molecular complexity index is 1200. The molecule has 0 saturated carbocycles. The van der Waals surface area contributed by atoms with E-state index in [4.69, 9.17) is 14.6 Å². The number of nitrogens with zero attached hydrogens (tertiary/aromatic N) is 4. The topological polar surface area (TPSA) is 102 Å². The highest BCUT2D eigenvalue weighted by atomic mass is 16.5. The molecule has 1 aliphatic heterocycles. The second kappa shape index (κ2) is 6.97. The van der Waals surface area contributed by atoms with Crippen LogP contribution in [0.15, 0.2) is 66.1 Å². The van der Waals surface area contributed by atoms with Crippen molar-refractivity contribution in [2.75, 3.05) is 0 Å². The molecule has 8 nitrogen and oxygen atoms in total. The summed E-state index contributed by atoms with van der Waals surface area (Å²) >= 11 is 0. The molecule has 8 heteroatoms. The zero-order valence-corrected chi connectivity index (χ0v) is 15.5. The van der Waals surface area contributed by atoms with Gasteiger partial charge in [-0.05, 0) is 24.6 Å². The molecule has 0 aliphatic carbocycles. The molecule has 0 fully saturated rings. The van der Waals surface area contributed by atoms with Crippen LogP contribution < -0.4 is 10.2 Å². The van der Waals surface area contributed by atoms with E-state index in [0.29, 0.717) is 35.0 Å². The number of phenols is 1. The summed E-state index contributed by atoms with van der Waals surface area (Å²) in [6.45, 7) is 1.45. The van der Waals surface area contributed by atoms with Crippen LogP contribution in [0, 0.1) is 5.41 Å². The number of ether oxygens (including phenoxy) is 1. The minimum absolute atomic E-state index is 0.113. The molecule has 1 atom stereocenters. The number of hydrogen-bond acceptors (Lipinski definition) is 6. The Morgan fingerprint density at radius 2 is 2.10 bits per heavy atom.